The molecule has 1 N–H and O–H groups in total. The van der Waals surface area contributed by atoms with Crippen molar-refractivity contribution in [1.82, 2.24) is 5.32 Å². The molecule has 0 saturated carbocycles. The van der Waals surface area contributed by atoms with Gasteiger partial charge in [0.1, 0.15) is 5.75 Å². The Morgan fingerprint density at radius 3 is 2.39 bits per heavy atom. The summed E-state index contributed by atoms with van der Waals surface area (Å²) < 4.78 is 5.51. The van der Waals surface area contributed by atoms with Gasteiger partial charge in [0.05, 0.1) is 7.11 Å². The van der Waals surface area contributed by atoms with Gasteiger partial charge in [-0.25, -0.2) is 0 Å². The topological polar surface area (TPSA) is 21.3 Å². The maximum atomic E-state index is 5.51. The normalized spacial score (nSPS) is 12.8. The lowest BCUT2D eigenvalue weighted by atomic mass is 9.95. The van der Waals surface area contributed by atoms with Crippen molar-refractivity contribution in [2.45, 2.75) is 47.1 Å². The third kappa shape index (κ3) is 4.34. The molecule has 18 heavy (non-hydrogen) atoms. The quantitative estimate of drug-likeness (QED) is 0.833. The smallest absolute Gasteiger partial charge is 0.122 e. The molecule has 0 aromatic heterocycles. The fourth-order valence-electron chi connectivity index (χ4n) is 2.26. The lowest BCUT2D eigenvalue weighted by molar-refractivity contribution is 0.401. The van der Waals surface area contributed by atoms with Crippen LogP contribution in [-0.4, -0.2) is 19.7 Å². The number of methoxy groups -OCH3 is 1. The summed E-state index contributed by atoms with van der Waals surface area (Å²) in [5, 5.41) is 3.49. The Hall–Kier alpha value is -1.02. The van der Waals surface area contributed by atoms with E-state index in [1.165, 1.54) is 16.7 Å². The van der Waals surface area contributed by atoms with Crippen LogP contribution in [0.4, 0.5) is 0 Å². The van der Waals surface area contributed by atoms with Crippen molar-refractivity contribution in [3.8, 4) is 5.75 Å². The van der Waals surface area contributed by atoms with Crippen LogP contribution < -0.4 is 10.1 Å². The molecule has 0 heterocycles. The van der Waals surface area contributed by atoms with Crippen LogP contribution in [-0.2, 0) is 6.42 Å². The minimum absolute atomic E-state index is 0.550. The average Bonchev–Trinajstić information content (AvgIpc) is 2.29. The van der Waals surface area contributed by atoms with Gasteiger partial charge in [0.15, 0.2) is 0 Å². The van der Waals surface area contributed by atoms with Gasteiger partial charge in [-0.3, -0.25) is 0 Å². The van der Waals surface area contributed by atoms with Gasteiger partial charge in [-0.15, -0.1) is 0 Å². The first-order valence-electron chi connectivity index (χ1n) is 6.81. The number of aryl methyl sites for hydroxylation is 2. The highest BCUT2D eigenvalue weighted by atomic mass is 16.5. The Balaban J connectivity index is 2.77. The molecule has 0 aliphatic carbocycles. The van der Waals surface area contributed by atoms with Crippen molar-refractivity contribution >= 4 is 0 Å². The van der Waals surface area contributed by atoms with Crippen LogP contribution in [0.3, 0.4) is 0 Å². The van der Waals surface area contributed by atoms with Gasteiger partial charge < -0.3 is 10.1 Å². The molecule has 2 nitrogen and oxygen atoms in total. The van der Waals surface area contributed by atoms with Gasteiger partial charge in [-0.2, -0.15) is 0 Å². The molecule has 1 aromatic carbocycles. The lowest BCUT2D eigenvalue weighted by Gasteiger charge is -2.18. The maximum Gasteiger partial charge on any atom is 0.122 e. The van der Waals surface area contributed by atoms with Crippen molar-refractivity contribution in [1.29, 1.82) is 0 Å². The molecule has 1 rings (SSSR count). The van der Waals surface area contributed by atoms with E-state index in [1.54, 1.807) is 7.11 Å². The highest BCUT2D eigenvalue weighted by molar-refractivity contribution is 5.43. The van der Waals surface area contributed by atoms with Gasteiger partial charge in [0, 0.05) is 6.04 Å². The molecule has 1 aromatic rings. The van der Waals surface area contributed by atoms with Crippen LogP contribution in [0.1, 0.15) is 37.5 Å². The van der Waals surface area contributed by atoms with E-state index in [1.807, 2.05) is 0 Å². The van der Waals surface area contributed by atoms with E-state index in [4.69, 9.17) is 4.74 Å². The number of nitrogens with one attached hydrogen (secondary N) is 1. The largest absolute Gasteiger partial charge is 0.496 e. The van der Waals surface area contributed by atoms with Crippen molar-refractivity contribution in [2.24, 2.45) is 5.92 Å². The van der Waals surface area contributed by atoms with Crippen molar-refractivity contribution in [3.63, 3.8) is 0 Å². The molecule has 1 unspecified atom stereocenters. The third-order valence-corrected chi connectivity index (χ3v) is 3.22. The van der Waals surface area contributed by atoms with E-state index in [-0.39, 0.29) is 0 Å². The van der Waals surface area contributed by atoms with E-state index in [9.17, 15) is 0 Å². The molecule has 0 bridgehead atoms. The van der Waals surface area contributed by atoms with E-state index in [0.717, 1.165) is 18.7 Å². The Morgan fingerprint density at radius 2 is 1.83 bits per heavy atom. The number of rotatable bonds is 6. The molecule has 0 spiro atoms. The Morgan fingerprint density at radius 1 is 1.17 bits per heavy atom. The van der Waals surface area contributed by atoms with Gasteiger partial charge in [-0.05, 0) is 55.5 Å². The van der Waals surface area contributed by atoms with E-state index < -0.39 is 0 Å². The van der Waals surface area contributed by atoms with Gasteiger partial charge in [0.25, 0.3) is 0 Å². The van der Waals surface area contributed by atoms with Crippen LogP contribution in [0, 0.1) is 19.8 Å². The summed E-state index contributed by atoms with van der Waals surface area (Å²) in [7, 11) is 1.76. The SMILES string of the molecule is COc1cc(C)cc(C)c1CC(C)CNC(C)C. The number of hydrogen-bond acceptors (Lipinski definition) is 2. The highest BCUT2D eigenvalue weighted by Gasteiger charge is 2.12. The predicted molar refractivity (Wildman–Crippen MR) is 78.5 cm³/mol. The summed E-state index contributed by atoms with van der Waals surface area (Å²) in [6.07, 6.45) is 1.06. The van der Waals surface area contributed by atoms with Gasteiger partial charge in [-0.1, -0.05) is 26.8 Å². The van der Waals surface area contributed by atoms with Gasteiger partial charge >= 0.3 is 0 Å². The lowest BCUT2D eigenvalue weighted by Crippen LogP contribution is -2.28. The van der Waals surface area contributed by atoms with Gasteiger partial charge in [0.2, 0.25) is 0 Å². The molecule has 0 saturated heterocycles. The Kier molecular flexibility index (Phi) is 5.67. The van der Waals surface area contributed by atoms with Crippen LogP contribution in [0.15, 0.2) is 12.1 Å². The number of hydrogen-bond donors (Lipinski definition) is 1. The summed E-state index contributed by atoms with van der Waals surface area (Å²) in [4.78, 5) is 0. The van der Waals surface area contributed by atoms with E-state index in [0.29, 0.717) is 12.0 Å². The zero-order valence-corrected chi connectivity index (χ0v) is 12.6. The van der Waals surface area contributed by atoms with Crippen LogP contribution in [0.25, 0.3) is 0 Å². The molecule has 0 amide bonds. The zero-order chi connectivity index (χ0) is 13.7. The first-order valence-corrected chi connectivity index (χ1v) is 6.81. The molecule has 0 aliphatic rings. The Labute approximate surface area is 112 Å². The summed E-state index contributed by atoms with van der Waals surface area (Å²) >= 11 is 0. The van der Waals surface area contributed by atoms with Crippen molar-refractivity contribution in [3.05, 3.63) is 28.8 Å². The summed E-state index contributed by atoms with van der Waals surface area (Å²) in [6, 6.07) is 4.92. The first kappa shape index (κ1) is 15.0. The second-order valence-electron chi connectivity index (χ2n) is 5.63. The first-order chi connectivity index (χ1) is 8.43. The molecule has 2 heteroatoms. The average molecular weight is 249 g/mol. The summed E-state index contributed by atoms with van der Waals surface area (Å²) in [5.41, 5.74) is 3.95. The third-order valence-electron chi connectivity index (χ3n) is 3.22. The second-order valence-corrected chi connectivity index (χ2v) is 5.63. The molecule has 1 atom stereocenters. The number of ether oxygens (including phenoxy) is 1. The summed E-state index contributed by atoms with van der Waals surface area (Å²) in [6.45, 7) is 12.0. The monoisotopic (exact) mass is 249 g/mol. The Bertz CT molecular complexity index is 385. The van der Waals surface area contributed by atoms with Crippen molar-refractivity contribution < 1.29 is 4.74 Å². The molecule has 0 fully saturated rings. The van der Waals surface area contributed by atoms with E-state index in [2.05, 4.69) is 52.1 Å². The molecule has 0 radical (unpaired) electrons. The maximum absolute atomic E-state index is 5.51. The standard InChI is InChI=1S/C16H27NO/c1-11(2)17-10-13(4)8-15-14(5)7-12(3)9-16(15)18-6/h7,9,11,13,17H,8,10H2,1-6H3. The minimum Gasteiger partial charge on any atom is -0.496 e. The molecule has 102 valence electrons. The summed E-state index contributed by atoms with van der Waals surface area (Å²) in [5.74, 6) is 1.65. The molecular weight excluding hydrogens is 222 g/mol. The van der Waals surface area contributed by atoms with E-state index >= 15 is 0 Å². The fourth-order valence-corrected chi connectivity index (χ4v) is 2.26. The van der Waals surface area contributed by atoms with Crippen LogP contribution >= 0.6 is 0 Å². The fraction of sp³-hybridized carbons (Fsp3) is 0.625. The minimum atomic E-state index is 0.550. The zero-order valence-electron chi connectivity index (χ0n) is 12.6. The number of benzene rings is 1. The molecular formula is C16H27NO. The molecule has 0 aliphatic heterocycles. The van der Waals surface area contributed by atoms with Crippen LogP contribution in [0.2, 0.25) is 0 Å². The van der Waals surface area contributed by atoms with Crippen LogP contribution in [0.5, 0.6) is 5.75 Å². The second kappa shape index (κ2) is 6.79. The predicted octanol–water partition coefficient (Wildman–Crippen LogP) is 3.49. The highest BCUT2D eigenvalue weighted by Crippen LogP contribution is 2.26. The van der Waals surface area contributed by atoms with Crippen molar-refractivity contribution in [2.75, 3.05) is 13.7 Å².